The molecule has 0 bridgehead atoms. The van der Waals surface area contributed by atoms with Crippen molar-refractivity contribution in [3.8, 4) is 0 Å². The van der Waals surface area contributed by atoms with Gasteiger partial charge in [0, 0.05) is 12.6 Å². The molecule has 2 N–H and O–H groups in total. The molecule has 0 aliphatic heterocycles. The molecule has 39 heavy (non-hydrogen) atoms. The van der Waals surface area contributed by atoms with E-state index in [1.54, 1.807) is 25.7 Å². The van der Waals surface area contributed by atoms with Crippen molar-refractivity contribution in [3.63, 3.8) is 0 Å². The van der Waals surface area contributed by atoms with Gasteiger partial charge < -0.3 is 20.3 Å². The second-order valence-electron chi connectivity index (χ2n) is 12.8. The molecule has 0 saturated carbocycles. The van der Waals surface area contributed by atoms with E-state index in [1.165, 1.54) is 0 Å². The zero-order chi connectivity index (χ0) is 29.9. The predicted molar refractivity (Wildman–Crippen MR) is 160 cm³/mol. The van der Waals surface area contributed by atoms with E-state index in [1.807, 2.05) is 46.8 Å². The van der Waals surface area contributed by atoms with E-state index in [4.69, 9.17) is 4.74 Å². The summed E-state index contributed by atoms with van der Waals surface area (Å²) in [4.78, 5) is 42.8. The zero-order valence-electron chi connectivity index (χ0n) is 26.4. The van der Waals surface area contributed by atoms with Crippen LogP contribution in [0, 0.1) is 25.7 Å². The Kier molecular flexibility index (Phi) is 14.0. The third-order valence-electron chi connectivity index (χ3n) is 6.66. The maximum Gasteiger partial charge on any atom is 0.408 e. The fourth-order valence-corrected chi connectivity index (χ4v) is 4.71. The number of hydrogen-bond donors (Lipinski definition) is 2. The third kappa shape index (κ3) is 12.0. The van der Waals surface area contributed by atoms with Gasteiger partial charge in [0.15, 0.2) is 0 Å². The van der Waals surface area contributed by atoms with Crippen LogP contribution >= 0.6 is 0 Å². The van der Waals surface area contributed by atoms with E-state index < -0.39 is 23.8 Å². The second-order valence-corrected chi connectivity index (χ2v) is 12.8. The number of aryl methyl sites for hydroxylation is 2. The summed E-state index contributed by atoms with van der Waals surface area (Å²) >= 11 is 0. The lowest BCUT2D eigenvalue weighted by Crippen LogP contribution is -2.57. The molecule has 0 saturated heterocycles. The number of alkyl carbamates (subject to hydrolysis) is 1. The summed E-state index contributed by atoms with van der Waals surface area (Å²) in [6.45, 7) is 22.2. The third-order valence-corrected chi connectivity index (χ3v) is 6.66. The monoisotopic (exact) mass is 545 g/mol. The van der Waals surface area contributed by atoms with E-state index >= 15 is 0 Å². The Labute approximate surface area is 237 Å². The van der Waals surface area contributed by atoms with E-state index in [0.717, 1.165) is 48.8 Å². The minimum Gasteiger partial charge on any atom is -0.444 e. The molecular weight excluding hydrogens is 490 g/mol. The smallest absolute Gasteiger partial charge is 0.408 e. The van der Waals surface area contributed by atoms with Gasteiger partial charge in [-0.25, -0.2) is 4.79 Å². The number of nitrogens with one attached hydrogen (secondary N) is 2. The first-order valence-electron chi connectivity index (χ1n) is 14.7. The average Bonchev–Trinajstić information content (AvgIpc) is 2.79. The maximum atomic E-state index is 14.4. The standard InChI is InChI=1S/C32H55N3O4/c1-12-13-14-17-33-29(36)28(26-19-23(6)18-24(7)20-26)35(25(8)16-15-21(2)3)30(37)27(22(4)5)34-31(38)39-32(9,10)11/h18-22,25,27-28H,12-17H2,1-11H3,(H,33,36)(H,34,38). The lowest BCUT2D eigenvalue weighted by atomic mass is 9.93. The number of benzene rings is 1. The number of amides is 3. The Hall–Kier alpha value is -2.57. The molecule has 0 radical (unpaired) electrons. The number of carbonyl (C=O) groups is 3. The van der Waals surface area contributed by atoms with Gasteiger partial charge in [-0.2, -0.15) is 0 Å². The molecule has 1 aromatic rings. The van der Waals surface area contributed by atoms with Gasteiger partial charge in [0.05, 0.1) is 0 Å². The molecule has 1 aromatic carbocycles. The van der Waals surface area contributed by atoms with Crippen molar-refractivity contribution in [2.45, 2.75) is 132 Å². The molecule has 222 valence electrons. The van der Waals surface area contributed by atoms with Crippen molar-refractivity contribution in [2.24, 2.45) is 11.8 Å². The van der Waals surface area contributed by atoms with Gasteiger partial charge in [-0.15, -0.1) is 0 Å². The summed E-state index contributed by atoms with van der Waals surface area (Å²) < 4.78 is 5.49. The van der Waals surface area contributed by atoms with E-state index in [9.17, 15) is 14.4 Å². The van der Waals surface area contributed by atoms with Crippen molar-refractivity contribution in [2.75, 3.05) is 6.54 Å². The number of hydrogen-bond acceptors (Lipinski definition) is 4. The number of carbonyl (C=O) groups excluding carboxylic acids is 3. The van der Waals surface area contributed by atoms with Gasteiger partial charge in [-0.1, -0.05) is 76.8 Å². The van der Waals surface area contributed by atoms with Crippen molar-refractivity contribution in [1.29, 1.82) is 0 Å². The van der Waals surface area contributed by atoms with Crippen molar-refractivity contribution < 1.29 is 19.1 Å². The van der Waals surface area contributed by atoms with E-state index in [2.05, 4.69) is 37.5 Å². The molecule has 3 unspecified atom stereocenters. The molecule has 7 nitrogen and oxygen atoms in total. The summed E-state index contributed by atoms with van der Waals surface area (Å²) in [5.41, 5.74) is 2.15. The lowest BCUT2D eigenvalue weighted by molar-refractivity contribution is -0.146. The number of rotatable bonds is 14. The summed E-state index contributed by atoms with van der Waals surface area (Å²) in [6, 6.07) is 4.15. The fraction of sp³-hybridized carbons (Fsp3) is 0.719. The fourth-order valence-electron chi connectivity index (χ4n) is 4.71. The summed E-state index contributed by atoms with van der Waals surface area (Å²) in [5, 5.41) is 5.92. The van der Waals surface area contributed by atoms with Gasteiger partial charge in [0.2, 0.25) is 11.8 Å². The number of ether oxygens (including phenoxy) is 1. The Morgan fingerprint density at radius 1 is 0.923 bits per heavy atom. The van der Waals surface area contributed by atoms with Gasteiger partial charge in [0.25, 0.3) is 0 Å². The van der Waals surface area contributed by atoms with Crippen LogP contribution in [0.4, 0.5) is 4.79 Å². The topological polar surface area (TPSA) is 87.7 Å². The van der Waals surface area contributed by atoms with Gasteiger partial charge >= 0.3 is 6.09 Å². The Balaban J connectivity index is 3.61. The lowest BCUT2D eigenvalue weighted by Gasteiger charge is -2.39. The van der Waals surface area contributed by atoms with Crippen molar-refractivity contribution in [1.82, 2.24) is 15.5 Å². The van der Waals surface area contributed by atoms with Crippen LogP contribution in [0.2, 0.25) is 0 Å². The molecule has 0 spiro atoms. The molecule has 1 rings (SSSR count). The van der Waals surface area contributed by atoms with Gasteiger partial charge in [-0.3, -0.25) is 9.59 Å². The minimum absolute atomic E-state index is 0.194. The van der Waals surface area contributed by atoms with Crippen LogP contribution in [-0.4, -0.2) is 47.0 Å². The molecule has 0 aromatic heterocycles. The van der Waals surface area contributed by atoms with Crippen molar-refractivity contribution in [3.05, 3.63) is 34.9 Å². The van der Waals surface area contributed by atoms with E-state index in [0.29, 0.717) is 12.5 Å². The SMILES string of the molecule is CCCCCNC(=O)C(c1cc(C)cc(C)c1)N(C(=O)C(NC(=O)OC(C)(C)C)C(C)C)C(C)CCC(C)C. The van der Waals surface area contributed by atoms with Gasteiger partial charge in [0.1, 0.15) is 17.7 Å². The van der Waals surface area contributed by atoms with Crippen LogP contribution in [0.5, 0.6) is 0 Å². The van der Waals surface area contributed by atoms with Crippen LogP contribution in [0.1, 0.15) is 117 Å². The first-order chi connectivity index (χ1) is 18.1. The molecule has 3 atom stereocenters. The first kappa shape index (κ1) is 34.5. The molecule has 7 heteroatoms. The van der Waals surface area contributed by atoms with Crippen LogP contribution < -0.4 is 10.6 Å². The molecule has 0 aliphatic carbocycles. The van der Waals surface area contributed by atoms with Crippen LogP contribution in [-0.2, 0) is 14.3 Å². The zero-order valence-corrected chi connectivity index (χ0v) is 26.4. The highest BCUT2D eigenvalue weighted by Crippen LogP contribution is 2.30. The summed E-state index contributed by atoms with van der Waals surface area (Å²) in [6.07, 6.45) is 3.97. The van der Waals surface area contributed by atoms with Crippen molar-refractivity contribution >= 4 is 17.9 Å². The summed E-state index contributed by atoms with van der Waals surface area (Å²) in [7, 11) is 0. The molecule has 0 heterocycles. The molecular formula is C32H55N3O4. The quantitative estimate of drug-likeness (QED) is 0.250. The first-order valence-corrected chi connectivity index (χ1v) is 14.7. The Bertz CT molecular complexity index is 916. The van der Waals surface area contributed by atoms with Gasteiger partial charge in [-0.05, 0) is 78.2 Å². The average molecular weight is 546 g/mol. The predicted octanol–water partition coefficient (Wildman–Crippen LogP) is 6.85. The largest absolute Gasteiger partial charge is 0.444 e. The Morgan fingerprint density at radius 2 is 1.51 bits per heavy atom. The molecule has 0 fully saturated rings. The van der Waals surface area contributed by atoms with Crippen LogP contribution in [0.25, 0.3) is 0 Å². The Morgan fingerprint density at radius 3 is 2.00 bits per heavy atom. The summed E-state index contributed by atoms with van der Waals surface area (Å²) in [5.74, 6) is -0.231. The number of nitrogens with zero attached hydrogens (tertiary/aromatic N) is 1. The minimum atomic E-state index is -0.845. The highest BCUT2D eigenvalue weighted by Gasteiger charge is 2.40. The second kappa shape index (κ2) is 15.9. The highest BCUT2D eigenvalue weighted by atomic mass is 16.6. The van der Waals surface area contributed by atoms with Crippen LogP contribution in [0.15, 0.2) is 18.2 Å². The molecule has 0 aliphatic rings. The highest BCUT2D eigenvalue weighted by molar-refractivity contribution is 5.92. The van der Waals surface area contributed by atoms with Crippen LogP contribution in [0.3, 0.4) is 0 Å². The molecule has 3 amide bonds. The normalized spacial score (nSPS) is 14.1. The number of unbranched alkanes of at least 4 members (excludes halogenated alkanes) is 2. The maximum absolute atomic E-state index is 14.4. The van der Waals surface area contributed by atoms with E-state index in [-0.39, 0.29) is 23.8 Å².